The van der Waals surface area contributed by atoms with Crippen LogP contribution in [0.2, 0.25) is 0 Å². The van der Waals surface area contributed by atoms with Gasteiger partial charge in [-0.2, -0.15) is 0 Å². The molecule has 9 rings (SSSR count). The standard InChI is InChI=1S/C29H35N3O7.C25H25N3O6/c1-29(2,3)39-26(34)12-11-23(27(30)35)32-16-22-21(28(32)36)5-4-6-24(22)38-17-20-9-7-19(8-10-20)15-31-13-14-37-18-25(31)33;29-22-9-8-20(24(31)26-22)28-13-19-18(25(28)32)2-1-3-21(19)34-14-17-6-4-16(5-7-17)12-27-10-11-33-15-23(27)30/h4-10,23H,11-18H2,1-3H3,(H2,30,35);1-7,20H,8-15H2,(H,26,29,31)/t23-;20-/m00/s1/i13D2,14D2,15D2,17D2;10D2,11D2,12D2,14D2. The number of piperidine rings is 1. The minimum absolute atomic E-state index is 0.0209. The Balaban J connectivity index is 0.000000231. The van der Waals surface area contributed by atoms with Crippen molar-refractivity contribution >= 4 is 47.3 Å². The monoisotopic (exact) mass is 1020 g/mol. The number of primary amides is 1. The number of carbonyl (C=O) groups is 8. The maximum atomic E-state index is 13.3. The first-order valence-electron chi connectivity index (χ1n) is 30.7. The van der Waals surface area contributed by atoms with Crippen LogP contribution in [0.1, 0.15) is 122 Å². The average molecular weight is 1020 g/mol. The maximum absolute atomic E-state index is 13.3. The fourth-order valence-electron chi connectivity index (χ4n) is 7.92. The van der Waals surface area contributed by atoms with Crippen molar-refractivity contribution in [1.29, 1.82) is 0 Å². The van der Waals surface area contributed by atoms with Crippen LogP contribution in [0, 0.1) is 0 Å². The number of ether oxygens (including phenoxy) is 5. The highest BCUT2D eigenvalue weighted by molar-refractivity contribution is 6.06. The lowest BCUT2D eigenvalue weighted by Crippen LogP contribution is -2.52. The summed E-state index contributed by atoms with van der Waals surface area (Å²) in [7, 11) is 0. The summed E-state index contributed by atoms with van der Waals surface area (Å²) in [6.07, 6.45) is -0.0393. The molecule has 0 radical (unpaired) electrons. The number of hydrogen-bond acceptors (Lipinski definition) is 13. The van der Waals surface area contributed by atoms with E-state index in [-0.39, 0.29) is 99.0 Å². The Bertz CT molecular complexity index is 3520. The first-order chi connectivity index (χ1) is 41.0. The average Bonchev–Trinajstić information content (AvgIpc) is 1.69. The van der Waals surface area contributed by atoms with Gasteiger partial charge in [0.05, 0.1) is 48.1 Å². The number of carbonyl (C=O) groups excluding carboxylic acids is 8. The molecule has 19 nitrogen and oxygen atoms in total. The van der Waals surface area contributed by atoms with E-state index in [1.54, 1.807) is 20.8 Å². The van der Waals surface area contributed by atoms with Crippen molar-refractivity contribution in [2.45, 2.75) is 103 Å². The third-order valence-electron chi connectivity index (χ3n) is 11.4. The van der Waals surface area contributed by atoms with Crippen molar-refractivity contribution in [1.82, 2.24) is 24.9 Å². The topological polar surface area (TPSA) is 234 Å². The Kier molecular flexibility index (Phi) is 10.8. The fourth-order valence-corrected chi connectivity index (χ4v) is 7.92. The quantitative estimate of drug-likeness (QED) is 0.120. The van der Waals surface area contributed by atoms with Gasteiger partial charge in [0.25, 0.3) is 11.8 Å². The highest BCUT2D eigenvalue weighted by atomic mass is 16.6. The molecule has 0 aliphatic carbocycles. The highest BCUT2D eigenvalue weighted by Crippen LogP contribution is 2.35. The molecular weight excluding hydrogens is 941 g/mol. The number of morpholine rings is 2. The number of esters is 1. The molecule has 0 spiro atoms. The molecular formula is C54H60N6O13. The number of hydrogen-bond donors (Lipinski definition) is 2. The van der Waals surface area contributed by atoms with E-state index < -0.39 is 130 Å². The van der Waals surface area contributed by atoms with Crippen molar-refractivity contribution in [3.63, 3.8) is 0 Å². The van der Waals surface area contributed by atoms with Crippen molar-refractivity contribution in [3.8, 4) is 11.5 Å². The van der Waals surface area contributed by atoms with Gasteiger partial charge in [-0.05, 0) is 80.1 Å². The molecule has 3 fully saturated rings. The Morgan fingerprint density at radius 1 is 0.740 bits per heavy atom. The molecule has 0 bridgehead atoms. The zero-order chi connectivity index (χ0) is 66.2. The fraction of sp³-hybridized carbons (Fsp3) is 0.407. The SMILES string of the molecule is [2H]C([2H])(Oc1cccc2c1CN([C@@H](CCC(=O)OC(C)(C)C)C(N)=O)C2=O)c1ccc(C([2H])([2H])N2C(=O)COC([2H])([2H])C2([2H])[2H])cc1.[2H]C([2H])(Oc1cccc2c1CN([C@H]1CCC(=O)NC1=O)C2=O)c1ccc(C([2H])([2H])N2C(=O)COC([2H])([2H])C2([2H])[2H])cc1. The number of amides is 7. The molecule has 7 amide bonds. The van der Waals surface area contributed by atoms with Crippen LogP contribution < -0.4 is 20.5 Å². The van der Waals surface area contributed by atoms with Crippen LogP contribution in [0.3, 0.4) is 0 Å². The highest BCUT2D eigenvalue weighted by Gasteiger charge is 2.41. The van der Waals surface area contributed by atoms with Gasteiger partial charge >= 0.3 is 5.97 Å². The first-order valence-corrected chi connectivity index (χ1v) is 22.7. The summed E-state index contributed by atoms with van der Waals surface area (Å²) >= 11 is 0. The molecule has 5 heterocycles. The molecule has 0 aromatic heterocycles. The summed E-state index contributed by atoms with van der Waals surface area (Å²) in [6, 6.07) is 16.1. The smallest absolute Gasteiger partial charge is 0.306 e. The molecule has 19 heteroatoms. The summed E-state index contributed by atoms with van der Waals surface area (Å²) < 4.78 is 158. The van der Waals surface area contributed by atoms with Gasteiger partial charge in [0.1, 0.15) is 55.5 Å². The van der Waals surface area contributed by atoms with Crippen LogP contribution >= 0.6 is 0 Å². The predicted octanol–water partition coefficient (Wildman–Crippen LogP) is 3.94. The van der Waals surface area contributed by atoms with Crippen LogP contribution in [-0.4, -0.2) is 124 Å². The van der Waals surface area contributed by atoms with Gasteiger partial charge in [-0.25, -0.2) is 0 Å². The normalized spacial score (nSPS) is 24.9. The van der Waals surface area contributed by atoms with E-state index in [4.69, 9.17) is 41.9 Å². The van der Waals surface area contributed by atoms with Gasteiger partial charge < -0.3 is 49.0 Å². The lowest BCUT2D eigenvalue weighted by molar-refractivity contribution is -0.155. The second-order valence-electron chi connectivity index (χ2n) is 17.7. The predicted molar refractivity (Wildman–Crippen MR) is 261 cm³/mol. The first kappa shape index (κ1) is 34.7. The third-order valence-corrected chi connectivity index (χ3v) is 11.4. The molecule has 5 aliphatic rings. The molecule has 384 valence electrons. The van der Waals surface area contributed by atoms with Gasteiger partial charge in [-0.3, -0.25) is 43.7 Å². The number of nitrogens with zero attached hydrogens (tertiary/aromatic N) is 4. The van der Waals surface area contributed by atoms with E-state index in [2.05, 4.69) is 14.8 Å². The number of imide groups is 1. The van der Waals surface area contributed by atoms with E-state index >= 15 is 0 Å². The lowest BCUT2D eigenvalue weighted by atomic mass is 10.0. The molecule has 5 aliphatic heterocycles. The molecule has 4 aromatic rings. The van der Waals surface area contributed by atoms with Gasteiger partial charge in [-0.1, -0.05) is 60.7 Å². The number of fused-ring (bicyclic) bond motifs is 2. The van der Waals surface area contributed by atoms with Gasteiger partial charge in [0.15, 0.2) is 0 Å². The summed E-state index contributed by atoms with van der Waals surface area (Å²) in [5.41, 5.74) is 5.17. The Morgan fingerprint density at radius 3 is 1.75 bits per heavy atom. The van der Waals surface area contributed by atoms with Gasteiger partial charge in [-0.15, -0.1) is 0 Å². The van der Waals surface area contributed by atoms with Crippen LogP contribution in [0.25, 0.3) is 0 Å². The summed E-state index contributed by atoms with van der Waals surface area (Å²) in [4.78, 5) is 103. The number of benzene rings is 4. The van der Waals surface area contributed by atoms with Gasteiger partial charge in [0.2, 0.25) is 29.5 Å². The zero-order valence-corrected chi connectivity index (χ0v) is 39.6. The zero-order valence-electron chi connectivity index (χ0n) is 55.6. The Hall–Kier alpha value is -7.64. The van der Waals surface area contributed by atoms with E-state index in [1.165, 1.54) is 70.5 Å². The summed E-state index contributed by atoms with van der Waals surface area (Å²) in [5, 5.41) is 2.22. The molecule has 2 atom stereocenters. The molecule has 3 N–H and O–H groups in total. The van der Waals surface area contributed by atoms with E-state index in [1.807, 2.05) is 0 Å². The van der Waals surface area contributed by atoms with E-state index in [0.29, 0.717) is 5.56 Å². The second kappa shape index (κ2) is 22.8. The van der Waals surface area contributed by atoms with E-state index in [9.17, 15) is 38.4 Å². The molecule has 0 unspecified atom stereocenters. The summed E-state index contributed by atoms with van der Waals surface area (Å²) in [6.45, 7) is -19.9. The summed E-state index contributed by atoms with van der Waals surface area (Å²) in [5.74, 6) is -5.66. The minimum atomic E-state index is -3.18. The molecule has 73 heavy (non-hydrogen) atoms. The number of nitrogens with two attached hydrogens (primary N) is 1. The van der Waals surface area contributed by atoms with Crippen molar-refractivity contribution in [3.05, 3.63) is 129 Å². The van der Waals surface area contributed by atoms with Crippen LogP contribution in [0.5, 0.6) is 11.5 Å². The van der Waals surface area contributed by atoms with Crippen molar-refractivity contribution in [2.24, 2.45) is 5.73 Å². The minimum Gasteiger partial charge on any atom is -0.489 e. The Labute approximate surface area is 445 Å². The maximum Gasteiger partial charge on any atom is 0.306 e. The van der Waals surface area contributed by atoms with Crippen LogP contribution in [-0.2, 0) is 82.2 Å². The van der Waals surface area contributed by atoms with Crippen LogP contribution in [0.15, 0.2) is 84.9 Å². The molecule has 3 saturated heterocycles. The van der Waals surface area contributed by atoms with Crippen LogP contribution in [0.4, 0.5) is 0 Å². The largest absolute Gasteiger partial charge is 0.489 e. The van der Waals surface area contributed by atoms with Crippen molar-refractivity contribution < 1.29 is 84.0 Å². The molecule has 0 saturated carbocycles. The van der Waals surface area contributed by atoms with Crippen molar-refractivity contribution in [2.75, 3.05) is 39.3 Å². The molecule has 4 aromatic carbocycles. The number of rotatable bonds is 16. The second-order valence-corrected chi connectivity index (χ2v) is 17.7. The lowest BCUT2D eigenvalue weighted by Gasteiger charge is -2.29. The van der Waals surface area contributed by atoms with Gasteiger partial charge in [0, 0.05) is 61.1 Å². The van der Waals surface area contributed by atoms with E-state index in [0.717, 1.165) is 24.3 Å². The third kappa shape index (κ3) is 12.9. The Morgan fingerprint density at radius 2 is 1.25 bits per heavy atom. The number of nitrogens with one attached hydrogen (secondary N) is 1.